The minimum absolute atomic E-state index is 0.338. The van der Waals surface area contributed by atoms with Crippen molar-refractivity contribution in [2.45, 2.75) is 45.1 Å². The molecule has 1 atom stereocenters. The molecule has 1 aliphatic rings. The van der Waals surface area contributed by atoms with E-state index < -0.39 is 0 Å². The van der Waals surface area contributed by atoms with Crippen molar-refractivity contribution < 1.29 is 5.11 Å². The first-order valence-corrected chi connectivity index (χ1v) is 8.33. The third kappa shape index (κ3) is 3.37. The predicted molar refractivity (Wildman–Crippen MR) is 82.5 cm³/mol. The van der Waals surface area contributed by atoms with Crippen LogP contribution < -0.4 is 0 Å². The minimum atomic E-state index is -0.338. The lowest BCUT2D eigenvalue weighted by Gasteiger charge is -2.31. The molecule has 1 aromatic carbocycles. The van der Waals surface area contributed by atoms with Gasteiger partial charge in [-0.2, -0.15) is 0 Å². The van der Waals surface area contributed by atoms with E-state index in [-0.39, 0.29) is 6.10 Å². The third-order valence-electron chi connectivity index (χ3n) is 4.19. The number of aliphatic hydroxyl groups is 1. The largest absolute Gasteiger partial charge is 0.388 e. The summed E-state index contributed by atoms with van der Waals surface area (Å²) in [5.41, 5.74) is 1.02. The van der Waals surface area contributed by atoms with E-state index in [0.29, 0.717) is 5.92 Å². The Labute approximate surface area is 126 Å². The molecule has 0 aliphatic heterocycles. The molecule has 0 aromatic heterocycles. The zero-order valence-electron chi connectivity index (χ0n) is 10.7. The Morgan fingerprint density at radius 3 is 2.50 bits per heavy atom. The summed E-state index contributed by atoms with van der Waals surface area (Å²) in [6, 6.07) is 6.02. The molecule has 1 fully saturated rings. The second-order valence-corrected chi connectivity index (χ2v) is 7.07. The van der Waals surface area contributed by atoms with Gasteiger partial charge >= 0.3 is 0 Å². The highest BCUT2D eigenvalue weighted by molar-refractivity contribution is 9.11. The summed E-state index contributed by atoms with van der Waals surface area (Å²) in [6.07, 6.45) is 5.78. The molecule has 1 unspecified atom stereocenters. The van der Waals surface area contributed by atoms with E-state index >= 15 is 0 Å². The summed E-state index contributed by atoms with van der Waals surface area (Å²) in [4.78, 5) is 0. The van der Waals surface area contributed by atoms with Crippen LogP contribution in [0.15, 0.2) is 27.1 Å². The van der Waals surface area contributed by atoms with Crippen molar-refractivity contribution in [2.24, 2.45) is 11.8 Å². The van der Waals surface area contributed by atoms with Gasteiger partial charge in [-0.25, -0.2) is 0 Å². The van der Waals surface area contributed by atoms with E-state index in [4.69, 9.17) is 0 Å². The Kier molecular flexibility index (Phi) is 5.28. The second-order valence-electron chi connectivity index (χ2n) is 5.30. The van der Waals surface area contributed by atoms with Gasteiger partial charge in [0.25, 0.3) is 0 Å². The highest BCUT2D eigenvalue weighted by Gasteiger charge is 2.27. The maximum Gasteiger partial charge on any atom is 0.0829 e. The molecule has 0 saturated heterocycles. The molecule has 18 heavy (non-hydrogen) atoms. The molecule has 2 rings (SSSR count). The zero-order valence-corrected chi connectivity index (χ0v) is 13.9. The van der Waals surface area contributed by atoms with E-state index in [1.165, 1.54) is 19.3 Å². The molecule has 1 N–H and O–H groups in total. The van der Waals surface area contributed by atoms with Crippen molar-refractivity contribution in [1.29, 1.82) is 0 Å². The van der Waals surface area contributed by atoms with E-state index in [2.05, 4.69) is 38.8 Å². The SMILES string of the molecule is CCC1CCC(C(O)c2cc(Br)ccc2Br)CC1. The molecule has 0 spiro atoms. The molecular weight excluding hydrogens is 356 g/mol. The van der Waals surface area contributed by atoms with E-state index in [9.17, 15) is 5.11 Å². The molecule has 0 amide bonds. The molecule has 1 aliphatic carbocycles. The number of aliphatic hydroxyl groups excluding tert-OH is 1. The van der Waals surface area contributed by atoms with Crippen LogP contribution in [-0.4, -0.2) is 5.11 Å². The van der Waals surface area contributed by atoms with Crippen LogP contribution >= 0.6 is 31.9 Å². The van der Waals surface area contributed by atoms with Crippen LogP contribution in [0.1, 0.15) is 50.7 Å². The van der Waals surface area contributed by atoms with Gasteiger partial charge < -0.3 is 5.11 Å². The zero-order chi connectivity index (χ0) is 13.1. The lowest BCUT2D eigenvalue weighted by atomic mass is 9.77. The first-order valence-electron chi connectivity index (χ1n) is 6.74. The molecule has 0 heterocycles. The average molecular weight is 376 g/mol. The monoisotopic (exact) mass is 374 g/mol. The van der Waals surface area contributed by atoms with E-state index in [1.54, 1.807) is 0 Å². The van der Waals surface area contributed by atoms with Gasteiger partial charge in [0, 0.05) is 8.95 Å². The molecule has 0 radical (unpaired) electrons. The number of hydrogen-bond donors (Lipinski definition) is 1. The lowest BCUT2D eigenvalue weighted by Crippen LogP contribution is -2.20. The predicted octanol–water partition coefficient (Wildman–Crippen LogP) is 5.46. The Balaban J connectivity index is 2.07. The van der Waals surface area contributed by atoms with Crippen molar-refractivity contribution in [2.75, 3.05) is 0 Å². The van der Waals surface area contributed by atoms with Gasteiger partial charge in [-0.1, -0.05) is 58.0 Å². The van der Waals surface area contributed by atoms with E-state index in [1.807, 2.05) is 18.2 Å². The summed E-state index contributed by atoms with van der Waals surface area (Å²) >= 11 is 7.02. The molecule has 1 aromatic rings. The van der Waals surface area contributed by atoms with Gasteiger partial charge in [-0.3, -0.25) is 0 Å². The lowest BCUT2D eigenvalue weighted by molar-refractivity contribution is 0.0723. The summed E-state index contributed by atoms with van der Waals surface area (Å²) in [5.74, 6) is 1.29. The van der Waals surface area contributed by atoms with Crippen LogP contribution in [0.4, 0.5) is 0 Å². The van der Waals surface area contributed by atoms with Crippen LogP contribution in [0, 0.1) is 11.8 Å². The van der Waals surface area contributed by atoms with Crippen LogP contribution in [-0.2, 0) is 0 Å². The van der Waals surface area contributed by atoms with Crippen molar-refractivity contribution in [1.82, 2.24) is 0 Å². The van der Waals surface area contributed by atoms with Gasteiger partial charge in [-0.15, -0.1) is 0 Å². The molecule has 0 bridgehead atoms. The van der Waals surface area contributed by atoms with Crippen LogP contribution in [0.3, 0.4) is 0 Å². The van der Waals surface area contributed by atoms with Gasteiger partial charge in [-0.05, 0) is 48.4 Å². The van der Waals surface area contributed by atoms with Crippen molar-refractivity contribution in [3.63, 3.8) is 0 Å². The van der Waals surface area contributed by atoms with Gasteiger partial charge in [0.2, 0.25) is 0 Å². The smallest absolute Gasteiger partial charge is 0.0829 e. The van der Waals surface area contributed by atoms with Crippen molar-refractivity contribution in [3.8, 4) is 0 Å². The first kappa shape index (κ1) is 14.5. The quantitative estimate of drug-likeness (QED) is 0.743. The Hall–Kier alpha value is 0.140. The second kappa shape index (κ2) is 6.53. The molecule has 1 saturated carbocycles. The topological polar surface area (TPSA) is 20.2 Å². The summed E-state index contributed by atoms with van der Waals surface area (Å²) < 4.78 is 2.04. The minimum Gasteiger partial charge on any atom is -0.388 e. The molecular formula is C15H20Br2O. The number of halogens is 2. The van der Waals surface area contributed by atoms with Gasteiger partial charge in [0.05, 0.1) is 6.10 Å². The standard InChI is InChI=1S/C15H20Br2O/c1-2-10-3-5-11(6-4-10)15(18)13-9-12(16)7-8-14(13)17/h7-11,15,18H,2-6H2,1H3. The average Bonchev–Trinajstić information content (AvgIpc) is 2.41. The van der Waals surface area contributed by atoms with Gasteiger partial charge in [0.15, 0.2) is 0 Å². The molecule has 3 heteroatoms. The Morgan fingerprint density at radius 2 is 1.89 bits per heavy atom. The summed E-state index contributed by atoms with van der Waals surface area (Å²) in [6.45, 7) is 2.27. The van der Waals surface area contributed by atoms with Crippen molar-refractivity contribution >= 4 is 31.9 Å². The number of rotatable bonds is 3. The molecule has 100 valence electrons. The summed E-state index contributed by atoms with van der Waals surface area (Å²) in [7, 11) is 0. The van der Waals surface area contributed by atoms with Gasteiger partial charge in [0.1, 0.15) is 0 Å². The van der Waals surface area contributed by atoms with Crippen LogP contribution in [0.5, 0.6) is 0 Å². The fourth-order valence-electron chi connectivity index (χ4n) is 2.91. The van der Waals surface area contributed by atoms with Crippen molar-refractivity contribution in [3.05, 3.63) is 32.7 Å². The normalized spacial score (nSPS) is 26.0. The van der Waals surface area contributed by atoms with E-state index in [0.717, 1.165) is 33.3 Å². The van der Waals surface area contributed by atoms with Crippen LogP contribution in [0.25, 0.3) is 0 Å². The highest BCUT2D eigenvalue weighted by atomic mass is 79.9. The first-order chi connectivity index (χ1) is 8.61. The third-order valence-corrected chi connectivity index (χ3v) is 5.41. The fourth-order valence-corrected chi connectivity index (χ4v) is 3.77. The molecule has 1 nitrogen and oxygen atoms in total. The maximum atomic E-state index is 10.6. The van der Waals surface area contributed by atoms with Crippen LogP contribution in [0.2, 0.25) is 0 Å². The summed E-state index contributed by atoms with van der Waals surface area (Å²) in [5, 5.41) is 10.6. The number of benzene rings is 1. The maximum absolute atomic E-state index is 10.6. The Morgan fingerprint density at radius 1 is 1.22 bits per heavy atom. The Bertz CT molecular complexity index is 397. The fraction of sp³-hybridized carbons (Fsp3) is 0.600. The highest BCUT2D eigenvalue weighted by Crippen LogP contribution is 2.40. The number of hydrogen-bond acceptors (Lipinski definition) is 1.